The van der Waals surface area contributed by atoms with Crippen LogP contribution in [0.1, 0.15) is 78.7 Å². The summed E-state index contributed by atoms with van der Waals surface area (Å²) < 4.78 is 29.3. The number of rotatable bonds is 13. The van der Waals surface area contributed by atoms with Gasteiger partial charge in [-0.1, -0.05) is 70.8 Å². The highest BCUT2D eigenvalue weighted by Gasteiger charge is 2.61. The predicted molar refractivity (Wildman–Crippen MR) is 233 cm³/mol. The summed E-state index contributed by atoms with van der Waals surface area (Å²) in [5.41, 5.74) is -0.809. The molecule has 18 heteroatoms. The van der Waals surface area contributed by atoms with Crippen LogP contribution < -0.4 is 20.3 Å². The van der Waals surface area contributed by atoms with Crippen LogP contribution in [0.5, 0.6) is 5.75 Å². The summed E-state index contributed by atoms with van der Waals surface area (Å²) in [6.07, 6.45) is 3.03. The zero-order valence-corrected chi connectivity index (χ0v) is 38.6. The van der Waals surface area contributed by atoms with Crippen LogP contribution in [0.25, 0.3) is 0 Å². The maximum absolute atomic E-state index is 14.2. The Morgan fingerprint density at radius 3 is 2.58 bits per heavy atom. The third-order valence-electron chi connectivity index (χ3n) is 11.5. The van der Waals surface area contributed by atoms with Gasteiger partial charge in [0.1, 0.15) is 40.7 Å². The fraction of sp³-hybridized carbons (Fsp3) is 0.643. The number of halogens is 1. The maximum atomic E-state index is 14.2. The first kappa shape index (κ1) is 49.2. The molecule has 15 nitrogen and oxygen atoms in total. The van der Waals surface area contributed by atoms with Gasteiger partial charge in [0.25, 0.3) is 0 Å². The average Bonchev–Trinajstić information content (AvgIpc) is 3.87. The van der Waals surface area contributed by atoms with Crippen molar-refractivity contribution in [2.75, 3.05) is 46.0 Å². The number of nitrogens with one attached hydrogen (secondary N) is 2. The molecule has 4 amide bonds. The molecule has 1 aromatic rings. The van der Waals surface area contributed by atoms with Crippen LogP contribution in [-0.4, -0.2) is 128 Å². The lowest BCUT2D eigenvalue weighted by molar-refractivity contribution is -0.162. The van der Waals surface area contributed by atoms with Crippen molar-refractivity contribution < 1.29 is 52.8 Å². The lowest BCUT2D eigenvalue weighted by Gasteiger charge is -2.42. The number of allylic oxidation sites excluding steroid dienone is 3. The molecule has 4 bridgehead atoms. The van der Waals surface area contributed by atoms with Gasteiger partial charge in [-0.3, -0.25) is 19.7 Å². The minimum absolute atomic E-state index is 0.00963. The Kier molecular flexibility index (Phi) is 17.7. The maximum Gasteiger partial charge on any atom is 0.409 e. The molecule has 0 aromatic heterocycles. The van der Waals surface area contributed by atoms with Crippen molar-refractivity contribution in [3.05, 3.63) is 46.5 Å². The molecule has 2 saturated heterocycles. The standard InChI is InChI=1S/C42H61ClN4O11S2/c1-24-12-11-13-32(55-10)42(53)23-31(56-40(52)45-42)25(2)19-34-41(5,58-34)33(22-37(50)47(8)29-20-28(18-24)21-30(54-9)38(29)43)57-39(51)27(4)46(7)36(49)16-17-59-60-26(3)14-15-35(48)44-6/h11-13,20-21,25-27,31-34,53H,14-19,22-23H2,1-10H3,(H,44,48)(H,45,52)/b13-11+,24-12+/t25-,26?,27-,31-,32+,33-,34?,41-,42-/m0/s1. The summed E-state index contributed by atoms with van der Waals surface area (Å²) in [5.74, 6) is -0.872. The highest BCUT2D eigenvalue weighted by atomic mass is 35.5. The number of amides is 4. The van der Waals surface area contributed by atoms with Gasteiger partial charge < -0.3 is 43.9 Å². The summed E-state index contributed by atoms with van der Waals surface area (Å²) >= 11 is 6.80. The molecule has 60 heavy (non-hydrogen) atoms. The Bertz CT molecular complexity index is 1800. The Morgan fingerprint density at radius 2 is 1.92 bits per heavy atom. The topological polar surface area (TPSA) is 186 Å². The summed E-state index contributed by atoms with van der Waals surface area (Å²) in [5, 5.41) is 17.3. The molecular weight excluding hydrogens is 836 g/mol. The fourth-order valence-corrected chi connectivity index (χ4v) is 9.86. The molecule has 334 valence electrons. The van der Waals surface area contributed by atoms with E-state index in [-0.39, 0.29) is 47.3 Å². The lowest BCUT2D eigenvalue weighted by atomic mass is 9.85. The molecule has 1 aromatic carbocycles. The molecule has 0 spiro atoms. The normalized spacial score (nSPS) is 29.6. The number of carbonyl (C=O) groups excluding carboxylic acids is 5. The number of esters is 1. The molecule has 2 unspecified atom stereocenters. The van der Waals surface area contributed by atoms with Gasteiger partial charge in [-0.25, -0.2) is 9.59 Å². The molecule has 0 aliphatic carbocycles. The number of benzene rings is 1. The first-order chi connectivity index (χ1) is 28.3. The van der Waals surface area contributed by atoms with Gasteiger partial charge >= 0.3 is 12.1 Å². The van der Waals surface area contributed by atoms with Gasteiger partial charge in [-0.05, 0) is 63.6 Å². The van der Waals surface area contributed by atoms with Crippen molar-refractivity contribution in [1.29, 1.82) is 0 Å². The number of fused-ring (bicyclic) bond motifs is 5. The van der Waals surface area contributed by atoms with Crippen LogP contribution in [-0.2, 0) is 44.5 Å². The zero-order valence-electron chi connectivity index (χ0n) is 36.2. The second kappa shape index (κ2) is 21.5. The van der Waals surface area contributed by atoms with Gasteiger partial charge in [0.2, 0.25) is 17.7 Å². The molecule has 9 atom stereocenters. The van der Waals surface area contributed by atoms with Crippen molar-refractivity contribution in [3.63, 3.8) is 0 Å². The molecule has 3 N–H and O–H groups in total. The van der Waals surface area contributed by atoms with Crippen molar-refractivity contribution in [2.45, 2.75) is 127 Å². The third-order valence-corrected chi connectivity index (χ3v) is 14.8. The molecule has 4 rings (SSSR count). The van der Waals surface area contributed by atoms with Gasteiger partial charge in [0.05, 0.1) is 25.3 Å². The Hall–Kier alpha value is -3.48. The van der Waals surface area contributed by atoms with E-state index < -0.39 is 59.8 Å². The quantitative estimate of drug-likeness (QED) is 0.0965. The third kappa shape index (κ3) is 12.6. The SMILES string of the molecule is CNC(=O)CCC(C)SSCCC(=O)N(C)[C@@H](C)C(=O)O[C@H]1CC(=O)N(C)c2cc(cc(OC)c2Cl)C/C(C)=C/C=C/[C@@H](OC)[C@@]2(O)C[C@H](OC(=O)N2)[C@@H](C)CC2O[C@]21C. The number of carbonyl (C=O) groups is 5. The van der Waals surface area contributed by atoms with E-state index in [0.29, 0.717) is 42.9 Å². The van der Waals surface area contributed by atoms with Gasteiger partial charge in [-0.15, -0.1) is 0 Å². The Labute approximate surface area is 366 Å². The van der Waals surface area contributed by atoms with Gasteiger partial charge in [0.15, 0.2) is 5.72 Å². The summed E-state index contributed by atoms with van der Waals surface area (Å²) in [4.78, 5) is 68.5. The number of epoxide rings is 1. The predicted octanol–water partition coefficient (Wildman–Crippen LogP) is 5.59. The molecule has 3 aliphatic rings. The van der Waals surface area contributed by atoms with Crippen molar-refractivity contribution in [3.8, 4) is 5.75 Å². The highest BCUT2D eigenvalue weighted by Crippen LogP contribution is 2.47. The number of ether oxygens (including phenoxy) is 5. The first-order valence-electron chi connectivity index (χ1n) is 20.1. The molecule has 3 heterocycles. The minimum atomic E-state index is -1.79. The van der Waals surface area contributed by atoms with Crippen LogP contribution in [0.2, 0.25) is 5.02 Å². The van der Waals surface area contributed by atoms with E-state index in [9.17, 15) is 29.1 Å². The largest absolute Gasteiger partial charge is 0.495 e. The highest BCUT2D eigenvalue weighted by molar-refractivity contribution is 8.76. The molecule has 0 radical (unpaired) electrons. The number of methoxy groups -OCH3 is 2. The number of hydrogen-bond donors (Lipinski definition) is 3. The van der Waals surface area contributed by atoms with E-state index in [2.05, 4.69) is 10.6 Å². The van der Waals surface area contributed by atoms with E-state index in [1.54, 1.807) is 63.0 Å². The minimum Gasteiger partial charge on any atom is -0.495 e. The number of anilines is 1. The first-order valence-corrected chi connectivity index (χ1v) is 22.9. The number of aliphatic hydroxyl groups is 1. The average molecular weight is 898 g/mol. The van der Waals surface area contributed by atoms with E-state index in [1.807, 2.05) is 26.8 Å². The molecule has 2 fully saturated rings. The van der Waals surface area contributed by atoms with Gasteiger partial charge in [0, 0.05) is 58.5 Å². The van der Waals surface area contributed by atoms with E-state index in [1.165, 1.54) is 41.9 Å². The smallest absolute Gasteiger partial charge is 0.409 e. The second-order valence-corrected chi connectivity index (χ2v) is 19.3. The van der Waals surface area contributed by atoms with Crippen LogP contribution in [0.15, 0.2) is 35.9 Å². The van der Waals surface area contributed by atoms with E-state index >= 15 is 0 Å². The second-order valence-electron chi connectivity index (χ2n) is 16.0. The van der Waals surface area contributed by atoms with E-state index in [4.69, 9.17) is 35.3 Å². The van der Waals surface area contributed by atoms with Crippen molar-refractivity contribution in [2.24, 2.45) is 5.92 Å². The fourth-order valence-electron chi connectivity index (χ4n) is 7.22. The molecule has 0 saturated carbocycles. The number of nitrogens with zero attached hydrogens (tertiary/aromatic N) is 2. The summed E-state index contributed by atoms with van der Waals surface area (Å²) in [6.45, 7) is 9.15. The van der Waals surface area contributed by atoms with Crippen LogP contribution in [0.3, 0.4) is 0 Å². The molecule has 3 aliphatic heterocycles. The zero-order chi connectivity index (χ0) is 44.5. The van der Waals surface area contributed by atoms with E-state index in [0.717, 1.165) is 11.1 Å². The Balaban J connectivity index is 1.59. The summed E-state index contributed by atoms with van der Waals surface area (Å²) in [6, 6.07) is 2.60. The van der Waals surface area contributed by atoms with Crippen molar-refractivity contribution >= 4 is 68.7 Å². The molecular formula is C42H61ClN4O11S2. The monoisotopic (exact) mass is 896 g/mol. The number of hydrogen-bond acceptors (Lipinski definition) is 13. The number of alkyl carbamates (subject to hydrolysis) is 1. The van der Waals surface area contributed by atoms with Crippen LogP contribution >= 0.6 is 33.2 Å². The van der Waals surface area contributed by atoms with Crippen LogP contribution in [0, 0.1) is 5.92 Å². The van der Waals surface area contributed by atoms with Crippen LogP contribution in [0.4, 0.5) is 10.5 Å². The van der Waals surface area contributed by atoms with Crippen molar-refractivity contribution in [1.82, 2.24) is 15.5 Å². The van der Waals surface area contributed by atoms with Gasteiger partial charge in [-0.2, -0.15) is 0 Å². The Morgan fingerprint density at radius 1 is 1.20 bits per heavy atom. The lowest BCUT2D eigenvalue weighted by Crippen LogP contribution is -2.63. The number of likely N-dealkylation sites (N-methyl/N-ethyl adjacent to an activating group) is 1. The summed E-state index contributed by atoms with van der Waals surface area (Å²) in [7, 11) is 10.8.